The summed E-state index contributed by atoms with van der Waals surface area (Å²) < 4.78 is 39.8. The third-order valence-electron chi connectivity index (χ3n) is 7.11. The molecule has 3 amide bonds. The van der Waals surface area contributed by atoms with E-state index in [4.69, 9.17) is 9.47 Å². The Labute approximate surface area is 246 Å². The SMILES string of the molecule is COc1ccc(NC(=O)N(C)C[C@H]2Oc3ccc(NS(=O)(=O)c4ccccc4)cc3C(=O)N([C@@H](C)CO)C[C@@H]2C)cc1. The van der Waals surface area contributed by atoms with Crippen molar-refractivity contribution in [1.29, 1.82) is 0 Å². The van der Waals surface area contributed by atoms with E-state index in [0.717, 1.165) is 0 Å². The highest BCUT2D eigenvalue weighted by atomic mass is 32.2. The van der Waals surface area contributed by atoms with Gasteiger partial charge in [0.2, 0.25) is 0 Å². The fourth-order valence-electron chi connectivity index (χ4n) is 4.56. The second-order valence-corrected chi connectivity index (χ2v) is 12.0. The number of rotatable bonds is 9. The number of amides is 3. The number of urea groups is 1. The number of aliphatic hydroxyl groups is 1. The number of carbonyl (C=O) groups is 2. The zero-order valence-electron chi connectivity index (χ0n) is 24.0. The van der Waals surface area contributed by atoms with Gasteiger partial charge in [-0.2, -0.15) is 0 Å². The maximum atomic E-state index is 13.7. The summed E-state index contributed by atoms with van der Waals surface area (Å²) in [6.07, 6.45) is -0.524. The van der Waals surface area contributed by atoms with Crippen LogP contribution in [0.15, 0.2) is 77.7 Å². The summed E-state index contributed by atoms with van der Waals surface area (Å²) >= 11 is 0. The minimum atomic E-state index is -3.90. The van der Waals surface area contributed by atoms with E-state index in [9.17, 15) is 23.1 Å². The third kappa shape index (κ3) is 7.12. The van der Waals surface area contributed by atoms with Crippen LogP contribution in [0, 0.1) is 5.92 Å². The highest BCUT2D eigenvalue weighted by molar-refractivity contribution is 7.92. The van der Waals surface area contributed by atoms with Gasteiger partial charge in [0.15, 0.2) is 0 Å². The van der Waals surface area contributed by atoms with Gasteiger partial charge in [-0.1, -0.05) is 25.1 Å². The van der Waals surface area contributed by atoms with Crippen molar-refractivity contribution >= 4 is 33.3 Å². The Balaban J connectivity index is 1.59. The molecule has 224 valence electrons. The number of sulfonamides is 1. The fraction of sp³-hybridized carbons (Fsp3) is 0.333. The first-order chi connectivity index (χ1) is 20.0. The molecule has 0 aliphatic carbocycles. The predicted octanol–water partition coefficient (Wildman–Crippen LogP) is 3.88. The standard InChI is InChI=1S/C30H36N4O7S/c1-20-17-34(21(2)19-35)29(36)26-16-23(32-42(38,39)25-8-6-5-7-9-25)12-15-27(26)41-28(20)18-33(3)30(37)31-22-10-13-24(40-4)14-11-22/h5-16,20-21,28,32,35H,17-19H2,1-4H3,(H,31,37)/t20-,21-,28+/m0/s1. The van der Waals surface area contributed by atoms with Crippen LogP contribution in [-0.2, 0) is 10.0 Å². The van der Waals surface area contributed by atoms with Gasteiger partial charge in [0.05, 0.1) is 36.8 Å². The van der Waals surface area contributed by atoms with E-state index in [1.807, 2.05) is 6.92 Å². The Morgan fingerprint density at radius 2 is 1.79 bits per heavy atom. The maximum Gasteiger partial charge on any atom is 0.321 e. The number of fused-ring (bicyclic) bond motifs is 1. The molecular weight excluding hydrogens is 560 g/mol. The van der Waals surface area contributed by atoms with E-state index in [-0.39, 0.29) is 53.5 Å². The lowest BCUT2D eigenvalue weighted by Gasteiger charge is -2.38. The van der Waals surface area contributed by atoms with Crippen LogP contribution in [0.2, 0.25) is 0 Å². The van der Waals surface area contributed by atoms with Crippen molar-refractivity contribution in [2.45, 2.75) is 30.9 Å². The highest BCUT2D eigenvalue weighted by Crippen LogP contribution is 2.31. The minimum Gasteiger partial charge on any atom is -0.497 e. The first-order valence-electron chi connectivity index (χ1n) is 13.5. The summed E-state index contributed by atoms with van der Waals surface area (Å²) in [5.74, 6) is 0.300. The Kier molecular flexibility index (Phi) is 9.59. The molecule has 11 nitrogen and oxygen atoms in total. The fourth-order valence-corrected chi connectivity index (χ4v) is 5.63. The molecule has 3 N–H and O–H groups in total. The summed E-state index contributed by atoms with van der Waals surface area (Å²) in [5, 5.41) is 12.7. The molecule has 3 aromatic rings. The molecule has 0 saturated carbocycles. The summed E-state index contributed by atoms with van der Waals surface area (Å²) in [7, 11) is -0.684. The van der Waals surface area contributed by atoms with E-state index >= 15 is 0 Å². The predicted molar refractivity (Wildman–Crippen MR) is 159 cm³/mol. The molecule has 0 spiro atoms. The molecule has 1 aliphatic heterocycles. The number of ether oxygens (including phenoxy) is 2. The second kappa shape index (κ2) is 13.1. The monoisotopic (exact) mass is 596 g/mol. The Bertz CT molecular complexity index is 1500. The molecule has 0 aromatic heterocycles. The van der Waals surface area contributed by atoms with Crippen molar-refractivity contribution in [3.8, 4) is 11.5 Å². The number of nitrogens with zero attached hydrogens (tertiary/aromatic N) is 2. The lowest BCUT2D eigenvalue weighted by molar-refractivity contribution is 0.0371. The number of nitrogens with one attached hydrogen (secondary N) is 2. The van der Waals surface area contributed by atoms with Crippen molar-refractivity contribution in [3.05, 3.63) is 78.4 Å². The smallest absolute Gasteiger partial charge is 0.321 e. The molecule has 42 heavy (non-hydrogen) atoms. The molecule has 0 bridgehead atoms. The highest BCUT2D eigenvalue weighted by Gasteiger charge is 2.34. The van der Waals surface area contributed by atoms with Gasteiger partial charge < -0.3 is 29.7 Å². The number of hydrogen-bond donors (Lipinski definition) is 3. The van der Waals surface area contributed by atoms with Crippen molar-refractivity contribution < 1.29 is 32.6 Å². The van der Waals surface area contributed by atoms with Crippen LogP contribution >= 0.6 is 0 Å². The number of aliphatic hydroxyl groups excluding tert-OH is 1. The largest absolute Gasteiger partial charge is 0.497 e. The van der Waals surface area contributed by atoms with E-state index < -0.39 is 28.1 Å². The molecule has 12 heteroatoms. The van der Waals surface area contributed by atoms with Crippen molar-refractivity contribution in [3.63, 3.8) is 0 Å². The van der Waals surface area contributed by atoms with Gasteiger partial charge in [0, 0.05) is 30.9 Å². The summed E-state index contributed by atoms with van der Waals surface area (Å²) in [5.41, 5.74) is 0.932. The van der Waals surface area contributed by atoms with Gasteiger partial charge in [-0.3, -0.25) is 9.52 Å². The minimum absolute atomic E-state index is 0.0830. The molecule has 0 unspecified atom stereocenters. The zero-order valence-corrected chi connectivity index (χ0v) is 24.8. The lowest BCUT2D eigenvalue weighted by atomic mass is 9.99. The van der Waals surface area contributed by atoms with Gasteiger partial charge in [-0.15, -0.1) is 0 Å². The van der Waals surface area contributed by atoms with Gasteiger partial charge in [0.25, 0.3) is 15.9 Å². The normalized spacial score (nSPS) is 17.6. The molecule has 4 rings (SSSR count). The Morgan fingerprint density at radius 3 is 2.43 bits per heavy atom. The topological polar surface area (TPSA) is 138 Å². The molecular formula is C30H36N4O7S. The van der Waals surface area contributed by atoms with E-state index in [1.54, 1.807) is 74.5 Å². The maximum absolute atomic E-state index is 13.7. The third-order valence-corrected chi connectivity index (χ3v) is 8.51. The van der Waals surface area contributed by atoms with Crippen LogP contribution in [0.1, 0.15) is 24.2 Å². The lowest BCUT2D eigenvalue weighted by Crippen LogP contribution is -2.50. The van der Waals surface area contributed by atoms with Crippen LogP contribution in [0.25, 0.3) is 0 Å². The van der Waals surface area contributed by atoms with Crippen LogP contribution in [0.5, 0.6) is 11.5 Å². The summed E-state index contributed by atoms with van der Waals surface area (Å²) in [6.45, 7) is 3.83. The average molecular weight is 597 g/mol. The first kappa shape index (κ1) is 30.7. The van der Waals surface area contributed by atoms with Gasteiger partial charge in [-0.05, 0) is 61.5 Å². The van der Waals surface area contributed by atoms with E-state index in [2.05, 4.69) is 10.0 Å². The molecule has 0 radical (unpaired) electrons. The van der Waals surface area contributed by atoms with Gasteiger partial charge in [0.1, 0.15) is 17.6 Å². The Morgan fingerprint density at radius 1 is 1.12 bits per heavy atom. The molecule has 1 aliphatic rings. The van der Waals surface area contributed by atoms with Gasteiger partial charge >= 0.3 is 6.03 Å². The number of benzene rings is 3. The van der Waals surface area contributed by atoms with Crippen LogP contribution in [0.4, 0.5) is 16.2 Å². The van der Waals surface area contributed by atoms with Crippen LogP contribution in [0.3, 0.4) is 0 Å². The second-order valence-electron chi connectivity index (χ2n) is 10.3. The number of hydrogen-bond acceptors (Lipinski definition) is 7. The molecule has 3 aromatic carbocycles. The van der Waals surface area contributed by atoms with Crippen molar-refractivity contribution in [1.82, 2.24) is 9.80 Å². The van der Waals surface area contributed by atoms with Crippen molar-refractivity contribution in [2.24, 2.45) is 5.92 Å². The molecule has 0 fully saturated rings. The number of anilines is 2. The van der Waals surface area contributed by atoms with E-state index in [0.29, 0.717) is 11.4 Å². The summed E-state index contributed by atoms with van der Waals surface area (Å²) in [6, 6.07) is 18.5. The van der Waals surface area contributed by atoms with Gasteiger partial charge in [-0.25, -0.2) is 13.2 Å². The number of methoxy groups -OCH3 is 1. The molecule has 0 saturated heterocycles. The quantitative estimate of drug-likeness (QED) is 0.341. The molecule has 3 atom stereocenters. The number of carbonyl (C=O) groups excluding carboxylic acids is 2. The van der Waals surface area contributed by atoms with Crippen LogP contribution in [-0.4, -0.2) is 81.3 Å². The average Bonchev–Trinajstić information content (AvgIpc) is 2.99. The first-order valence-corrected chi connectivity index (χ1v) is 15.0. The Hall–Kier alpha value is -4.29. The van der Waals surface area contributed by atoms with Crippen molar-refractivity contribution in [2.75, 3.05) is 43.9 Å². The summed E-state index contributed by atoms with van der Waals surface area (Å²) in [4.78, 5) is 29.8. The van der Waals surface area contributed by atoms with E-state index in [1.165, 1.54) is 29.2 Å². The number of likely N-dealkylation sites (N-methyl/N-ethyl adjacent to an activating group) is 1. The molecule has 1 heterocycles. The van der Waals surface area contributed by atoms with Crippen LogP contribution < -0.4 is 19.5 Å². The zero-order chi connectivity index (χ0) is 30.4.